The van der Waals surface area contributed by atoms with Gasteiger partial charge in [-0.1, -0.05) is 12.1 Å². The van der Waals surface area contributed by atoms with Gasteiger partial charge in [0.2, 0.25) is 6.79 Å². The van der Waals surface area contributed by atoms with Gasteiger partial charge >= 0.3 is 0 Å². The average molecular weight is 214 g/mol. The monoisotopic (exact) mass is 213 g/mol. The maximum Gasteiger partial charge on any atom is 0.231 e. The van der Waals surface area contributed by atoms with Crippen molar-refractivity contribution in [2.75, 3.05) is 6.79 Å². The van der Waals surface area contributed by atoms with Gasteiger partial charge in [0.15, 0.2) is 11.5 Å². The molecule has 0 fully saturated rings. The fraction of sp³-hybridized carbons (Fsp3) is 0.200. The molecule has 1 atom stereocenters. The zero-order chi connectivity index (χ0) is 9.26. The Morgan fingerprint density at radius 3 is 2.79 bits per heavy atom. The van der Waals surface area contributed by atoms with E-state index in [0.717, 1.165) is 17.1 Å². The van der Waals surface area contributed by atoms with Gasteiger partial charge in [-0.2, -0.15) is 0 Å². The second-order valence-electron chi connectivity index (χ2n) is 2.87. The first-order chi connectivity index (χ1) is 6.31. The van der Waals surface area contributed by atoms with Crippen LogP contribution in [0.5, 0.6) is 11.5 Å². The van der Waals surface area contributed by atoms with Gasteiger partial charge in [-0.3, -0.25) is 0 Å². The Morgan fingerprint density at radius 2 is 2.07 bits per heavy atom. The van der Waals surface area contributed by atoms with Crippen LogP contribution in [0.4, 0.5) is 0 Å². The molecule has 4 heteroatoms. The topological polar surface area (TPSA) is 44.5 Å². The molecule has 0 aliphatic carbocycles. The summed E-state index contributed by atoms with van der Waals surface area (Å²) >= 11 is 0. The number of nitrogens with two attached hydrogens (primary N) is 1. The third-order valence-electron chi connectivity index (χ3n) is 2.04. The van der Waals surface area contributed by atoms with Crippen molar-refractivity contribution < 1.29 is 9.47 Å². The summed E-state index contributed by atoms with van der Waals surface area (Å²) in [4.78, 5) is 0. The van der Waals surface area contributed by atoms with E-state index in [0.29, 0.717) is 6.79 Å². The van der Waals surface area contributed by atoms with Gasteiger partial charge in [-0.05, 0) is 17.7 Å². The summed E-state index contributed by atoms with van der Waals surface area (Å²) in [7, 11) is 0. The van der Waals surface area contributed by atoms with E-state index in [2.05, 4.69) is 6.58 Å². The van der Waals surface area contributed by atoms with E-state index >= 15 is 0 Å². The molecule has 1 aliphatic rings. The first-order valence-corrected chi connectivity index (χ1v) is 4.09. The molecule has 2 rings (SSSR count). The van der Waals surface area contributed by atoms with Crippen molar-refractivity contribution in [3.63, 3.8) is 0 Å². The third kappa shape index (κ3) is 1.84. The molecular weight excluding hydrogens is 202 g/mol. The third-order valence-corrected chi connectivity index (χ3v) is 2.04. The van der Waals surface area contributed by atoms with Crippen molar-refractivity contribution in [2.24, 2.45) is 5.73 Å². The number of rotatable bonds is 2. The Kier molecular flexibility index (Phi) is 3.38. The van der Waals surface area contributed by atoms with E-state index in [1.165, 1.54) is 0 Å². The highest BCUT2D eigenvalue weighted by atomic mass is 35.5. The van der Waals surface area contributed by atoms with E-state index < -0.39 is 0 Å². The average Bonchev–Trinajstić information content (AvgIpc) is 2.63. The molecule has 0 saturated heterocycles. The Balaban J connectivity index is 0.000000980. The second kappa shape index (κ2) is 4.35. The normalized spacial score (nSPS) is 14.4. The van der Waals surface area contributed by atoms with E-state index in [-0.39, 0.29) is 18.4 Å². The van der Waals surface area contributed by atoms with Crippen LogP contribution in [-0.2, 0) is 0 Å². The molecule has 0 bridgehead atoms. The summed E-state index contributed by atoms with van der Waals surface area (Å²) in [5, 5.41) is 0. The molecule has 1 aliphatic heterocycles. The Labute approximate surface area is 88.9 Å². The summed E-state index contributed by atoms with van der Waals surface area (Å²) < 4.78 is 10.4. The number of ether oxygens (including phenoxy) is 2. The van der Waals surface area contributed by atoms with Gasteiger partial charge in [0.25, 0.3) is 0 Å². The smallest absolute Gasteiger partial charge is 0.231 e. The minimum Gasteiger partial charge on any atom is -0.454 e. The highest BCUT2D eigenvalue weighted by Gasteiger charge is 2.14. The fourth-order valence-electron chi connectivity index (χ4n) is 1.26. The molecule has 14 heavy (non-hydrogen) atoms. The van der Waals surface area contributed by atoms with Crippen LogP contribution in [0.3, 0.4) is 0 Å². The maximum absolute atomic E-state index is 5.77. The largest absolute Gasteiger partial charge is 0.454 e. The van der Waals surface area contributed by atoms with Gasteiger partial charge in [0.05, 0.1) is 0 Å². The molecule has 1 aromatic carbocycles. The molecule has 0 aromatic heterocycles. The van der Waals surface area contributed by atoms with Crippen LogP contribution in [0.2, 0.25) is 0 Å². The van der Waals surface area contributed by atoms with Gasteiger partial charge in [-0.25, -0.2) is 0 Å². The number of fused-ring (bicyclic) bond motifs is 1. The lowest BCUT2D eigenvalue weighted by atomic mass is 10.1. The minimum absolute atomic E-state index is 0. The summed E-state index contributed by atoms with van der Waals surface area (Å²) in [6.07, 6.45) is 1.69. The van der Waals surface area contributed by atoms with Crippen molar-refractivity contribution in [3.8, 4) is 11.5 Å². The van der Waals surface area contributed by atoms with Crippen LogP contribution < -0.4 is 15.2 Å². The first kappa shape index (κ1) is 10.9. The zero-order valence-corrected chi connectivity index (χ0v) is 8.42. The molecule has 2 N–H and O–H groups in total. The highest BCUT2D eigenvalue weighted by Crippen LogP contribution is 2.33. The summed E-state index contributed by atoms with van der Waals surface area (Å²) in [5.74, 6) is 1.54. The predicted molar refractivity (Wildman–Crippen MR) is 56.9 cm³/mol. The molecular formula is C10H12ClNO2. The van der Waals surface area contributed by atoms with Crippen LogP contribution in [0, 0.1) is 0 Å². The van der Waals surface area contributed by atoms with Crippen LogP contribution in [0.1, 0.15) is 11.6 Å². The minimum atomic E-state index is -0.144. The lowest BCUT2D eigenvalue weighted by Crippen LogP contribution is -2.05. The van der Waals surface area contributed by atoms with Gasteiger partial charge in [0.1, 0.15) is 0 Å². The number of hydrogen-bond donors (Lipinski definition) is 1. The van der Waals surface area contributed by atoms with Gasteiger partial charge in [0, 0.05) is 6.04 Å². The molecule has 0 spiro atoms. The molecule has 3 nitrogen and oxygen atoms in total. The van der Waals surface area contributed by atoms with Crippen molar-refractivity contribution in [3.05, 3.63) is 36.4 Å². The SMILES string of the molecule is C=C[C@@H](N)c1ccc2c(c1)OCO2.Cl. The second-order valence-corrected chi connectivity index (χ2v) is 2.87. The Bertz CT molecular complexity index is 341. The van der Waals surface area contributed by atoms with Crippen LogP contribution in [0.25, 0.3) is 0 Å². The van der Waals surface area contributed by atoms with Crippen LogP contribution >= 0.6 is 12.4 Å². The fourth-order valence-corrected chi connectivity index (χ4v) is 1.26. The van der Waals surface area contributed by atoms with E-state index in [1.807, 2.05) is 18.2 Å². The van der Waals surface area contributed by atoms with E-state index in [9.17, 15) is 0 Å². The molecule has 76 valence electrons. The lowest BCUT2D eigenvalue weighted by Gasteiger charge is -2.06. The maximum atomic E-state index is 5.77. The number of halogens is 1. The van der Waals surface area contributed by atoms with Crippen molar-refractivity contribution in [2.45, 2.75) is 6.04 Å². The summed E-state index contributed by atoms with van der Waals surface area (Å²) in [6.45, 7) is 3.93. The van der Waals surface area contributed by atoms with Crippen molar-refractivity contribution >= 4 is 12.4 Å². The van der Waals surface area contributed by atoms with E-state index in [4.69, 9.17) is 15.2 Å². The lowest BCUT2D eigenvalue weighted by molar-refractivity contribution is 0.174. The molecule has 1 heterocycles. The molecule has 0 amide bonds. The Morgan fingerprint density at radius 1 is 1.36 bits per heavy atom. The molecule has 1 aromatic rings. The first-order valence-electron chi connectivity index (χ1n) is 4.09. The molecule has 0 radical (unpaired) electrons. The van der Waals surface area contributed by atoms with Crippen LogP contribution in [-0.4, -0.2) is 6.79 Å². The molecule has 0 saturated carbocycles. The number of benzene rings is 1. The van der Waals surface area contributed by atoms with Crippen molar-refractivity contribution in [1.29, 1.82) is 0 Å². The highest BCUT2D eigenvalue weighted by molar-refractivity contribution is 5.85. The van der Waals surface area contributed by atoms with Gasteiger partial charge < -0.3 is 15.2 Å². The summed E-state index contributed by atoms with van der Waals surface area (Å²) in [6, 6.07) is 5.52. The van der Waals surface area contributed by atoms with Crippen LogP contribution in [0.15, 0.2) is 30.9 Å². The van der Waals surface area contributed by atoms with E-state index in [1.54, 1.807) is 6.08 Å². The number of hydrogen-bond acceptors (Lipinski definition) is 3. The zero-order valence-electron chi connectivity index (χ0n) is 7.60. The molecule has 0 unspecified atom stereocenters. The Hall–Kier alpha value is -1.19. The quantitative estimate of drug-likeness (QED) is 0.765. The predicted octanol–water partition coefficient (Wildman–Crippen LogP) is 2.02. The standard InChI is InChI=1S/C10H11NO2.ClH/c1-2-8(11)7-3-4-9-10(5-7)13-6-12-9;/h2-5,8H,1,6,11H2;1H/t8-;/m1./s1. The van der Waals surface area contributed by atoms with Gasteiger partial charge in [-0.15, -0.1) is 19.0 Å². The summed E-state index contributed by atoms with van der Waals surface area (Å²) in [5.41, 5.74) is 6.76. The van der Waals surface area contributed by atoms with Crippen molar-refractivity contribution in [1.82, 2.24) is 0 Å².